The Bertz CT molecular complexity index is 914. The Hall–Kier alpha value is -2.44. The van der Waals surface area contributed by atoms with Gasteiger partial charge in [0.2, 0.25) is 5.89 Å². The average molecular weight is 380 g/mol. The molecule has 0 fully saturated rings. The Kier molecular flexibility index (Phi) is 5.31. The van der Waals surface area contributed by atoms with Crippen molar-refractivity contribution in [3.8, 4) is 0 Å². The Balaban J connectivity index is 1.64. The number of nitrogens with one attached hydrogen (secondary N) is 1. The highest BCUT2D eigenvalue weighted by Gasteiger charge is 2.16. The molecular formula is C17H12Cl2FN3O2. The predicted molar refractivity (Wildman–Crippen MR) is 91.1 cm³/mol. The summed E-state index contributed by atoms with van der Waals surface area (Å²) in [7, 11) is 0. The summed E-state index contributed by atoms with van der Waals surface area (Å²) in [5, 5.41) is 11.0. The van der Waals surface area contributed by atoms with Crippen molar-refractivity contribution < 1.29 is 13.6 Å². The van der Waals surface area contributed by atoms with Gasteiger partial charge in [-0.2, -0.15) is 0 Å². The van der Waals surface area contributed by atoms with E-state index in [0.29, 0.717) is 10.6 Å². The smallest absolute Gasteiger partial charge is 0.309 e. The van der Waals surface area contributed by atoms with Crippen molar-refractivity contribution in [1.29, 1.82) is 0 Å². The lowest BCUT2D eigenvalue weighted by Crippen LogP contribution is -2.23. The summed E-state index contributed by atoms with van der Waals surface area (Å²) in [5.74, 6) is -0.903. The van der Waals surface area contributed by atoms with Gasteiger partial charge in [-0.05, 0) is 29.3 Å². The third-order valence-corrected chi connectivity index (χ3v) is 4.14. The lowest BCUT2D eigenvalue weighted by molar-refractivity contribution is 0.0914. The monoisotopic (exact) mass is 379 g/mol. The second-order valence-electron chi connectivity index (χ2n) is 5.19. The first-order chi connectivity index (χ1) is 12.0. The summed E-state index contributed by atoms with van der Waals surface area (Å²) in [6.07, 6.45) is 0.198. The molecule has 25 heavy (non-hydrogen) atoms. The summed E-state index contributed by atoms with van der Waals surface area (Å²) >= 11 is 12.0. The van der Waals surface area contributed by atoms with Crippen LogP contribution in [0.3, 0.4) is 0 Å². The minimum Gasteiger partial charge on any atom is -0.417 e. The van der Waals surface area contributed by atoms with Crippen LogP contribution in [0.5, 0.6) is 0 Å². The number of hydrogen-bond acceptors (Lipinski definition) is 4. The SMILES string of the molecule is O=C(NCc1ccccc1Cl)c1nnc(Cc2ccc(F)cc2Cl)o1. The molecule has 3 rings (SSSR count). The van der Waals surface area contributed by atoms with Crippen LogP contribution in [0.25, 0.3) is 0 Å². The van der Waals surface area contributed by atoms with E-state index in [1.807, 2.05) is 6.07 Å². The van der Waals surface area contributed by atoms with E-state index in [1.165, 1.54) is 18.2 Å². The third kappa shape index (κ3) is 4.35. The summed E-state index contributed by atoms with van der Waals surface area (Å²) < 4.78 is 18.4. The molecule has 0 spiro atoms. The Morgan fingerprint density at radius 2 is 1.88 bits per heavy atom. The molecule has 5 nitrogen and oxygen atoms in total. The van der Waals surface area contributed by atoms with Crippen LogP contribution in [0.1, 0.15) is 27.7 Å². The lowest BCUT2D eigenvalue weighted by atomic mass is 10.1. The molecule has 0 saturated heterocycles. The number of halogens is 3. The van der Waals surface area contributed by atoms with Gasteiger partial charge >= 0.3 is 11.8 Å². The number of aromatic nitrogens is 2. The number of hydrogen-bond donors (Lipinski definition) is 1. The largest absolute Gasteiger partial charge is 0.417 e. The number of nitrogens with zero attached hydrogens (tertiary/aromatic N) is 2. The minimum atomic E-state index is -0.510. The van der Waals surface area contributed by atoms with Crippen LogP contribution in [0.4, 0.5) is 4.39 Å². The molecule has 3 aromatic rings. The summed E-state index contributed by atoms with van der Waals surface area (Å²) in [6.45, 7) is 0.236. The second kappa shape index (κ2) is 7.63. The zero-order valence-corrected chi connectivity index (χ0v) is 14.3. The van der Waals surface area contributed by atoms with Gasteiger partial charge in [-0.15, -0.1) is 10.2 Å². The van der Waals surface area contributed by atoms with E-state index < -0.39 is 11.7 Å². The molecule has 0 unspecified atom stereocenters. The van der Waals surface area contributed by atoms with Crippen molar-refractivity contribution in [1.82, 2.24) is 15.5 Å². The van der Waals surface area contributed by atoms with Crippen LogP contribution in [0, 0.1) is 5.82 Å². The fourth-order valence-corrected chi connectivity index (χ4v) is 2.57. The molecule has 0 radical (unpaired) electrons. The van der Waals surface area contributed by atoms with Gasteiger partial charge in [-0.1, -0.05) is 47.5 Å². The molecule has 2 aromatic carbocycles. The second-order valence-corrected chi connectivity index (χ2v) is 6.00. The molecule has 0 aliphatic carbocycles. The van der Waals surface area contributed by atoms with Gasteiger partial charge in [-0.3, -0.25) is 4.79 Å². The fraction of sp³-hybridized carbons (Fsp3) is 0.118. The lowest BCUT2D eigenvalue weighted by Gasteiger charge is -2.04. The number of carbonyl (C=O) groups is 1. The van der Waals surface area contributed by atoms with Crippen molar-refractivity contribution in [3.05, 3.63) is 81.2 Å². The first kappa shape index (κ1) is 17.4. The average Bonchev–Trinajstić information content (AvgIpc) is 3.05. The standard InChI is InChI=1S/C17H12Cl2FN3O2/c18-13-4-2-1-3-11(13)9-21-16(24)17-23-22-15(25-17)7-10-5-6-12(20)8-14(10)19/h1-6,8H,7,9H2,(H,21,24). The van der Waals surface area contributed by atoms with Crippen LogP contribution < -0.4 is 5.32 Å². The highest BCUT2D eigenvalue weighted by Crippen LogP contribution is 2.20. The normalized spacial score (nSPS) is 10.7. The van der Waals surface area contributed by atoms with Crippen molar-refractivity contribution in [3.63, 3.8) is 0 Å². The van der Waals surface area contributed by atoms with Crippen LogP contribution in [-0.4, -0.2) is 16.1 Å². The number of benzene rings is 2. The maximum absolute atomic E-state index is 13.1. The molecule has 1 N–H and O–H groups in total. The highest BCUT2D eigenvalue weighted by molar-refractivity contribution is 6.31. The van der Waals surface area contributed by atoms with E-state index in [-0.39, 0.29) is 29.8 Å². The van der Waals surface area contributed by atoms with Crippen molar-refractivity contribution in [2.45, 2.75) is 13.0 Å². The van der Waals surface area contributed by atoms with Gasteiger partial charge in [0, 0.05) is 16.6 Å². The third-order valence-electron chi connectivity index (χ3n) is 3.42. The zero-order chi connectivity index (χ0) is 17.8. The van der Waals surface area contributed by atoms with E-state index in [2.05, 4.69) is 15.5 Å². The summed E-state index contributed by atoms with van der Waals surface area (Å²) in [6, 6.07) is 11.2. The molecule has 1 aromatic heterocycles. The minimum absolute atomic E-state index is 0.166. The van der Waals surface area contributed by atoms with Gasteiger partial charge in [0.05, 0.1) is 6.42 Å². The summed E-state index contributed by atoms with van der Waals surface area (Å²) in [5.41, 5.74) is 1.39. The predicted octanol–water partition coefficient (Wildman–Crippen LogP) is 4.04. The fourth-order valence-electron chi connectivity index (χ4n) is 2.14. The molecule has 0 bridgehead atoms. The Morgan fingerprint density at radius 3 is 2.64 bits per heavy atom. The zero-order valence-electron chi connectivity index (χ0n) is 12.8. The van der Waals surface area contributed by atoms with Crippen LogP contribution >= 0.6 is 23.2 Å². The van der Waals surface area contributed by atoms with Gasteiger partial charge in [0.15, 0.2) is 0 Å². The molecule has 128 valence electrons. The van der Waals surface area contributed by atoms with Crippen LogP contribution in [-0.2, 0) is 13.0 Å². The molecular weight excluding hydrogens is 368 g/mol. The molecule has 0 atom stereocenters. The first-order valence-electron chi connectivity index (χ1n) is 7.31. The Labute approximate surface area is 152 Å². The quantitative estimate of drug-likeness (QED) is 0.726. The van der Waals surface area contributed by atoms with E-state index in [9.17, 15) is 9.18 Å². The molecule has 1 heterocycles. The molecule has 0 aliphatic rings. The van der Waals surface area contributed by atoms with E-state index in [1.54, 1.807) is 18.2 Å². The Morgan fingerprint density at radius 1 is 1.08 bits per heavy atom. The molecule has 8 heteroatoms. The topological polar surface area (TPSA) is 68.0 Å². The molecule has 0 aliphatic heterocycles. The van der Waals surface area contributed by atoms with E-state index in [0.717, 1.165) is 5.56 Å². The van der Waals surface area contributed by atoms with Crippen molar-refractivity contribution >= 4 is 29.1 Å². The maximum Gasteiger partial charge on any atom is 0.309 e. The van der Waals surface area contributed by atoms with Gasteiger partial charge < -0.3 is 9.73 Å². The maximum atomic E-state index is 13.1. The van der Waals surface area contributed by atoms with Crippen LogP contribution in [0.15, 0.2) is 46.9 Å². The molecule has 0 saturated carbocycles. The molecule has 1 amide bonds. The van der Waals surface area contributed by atoms with E-state index in [4.69, 9.17) is 27.6 Å². The summed E-state index contributed by atoms with van der Waals surface area (Å²) in [4.78, 5) is 12.1. The van der Waals surface area contributed by atoms with Gasteiger partial charge in [-0.25, -0.2) is 4.39 Å². The van der Waals surface area contributed by atoms with E-state index >= 15 is 0 Å². The van der Waals surface area contributed by atoms with Gasteiger partial charge in [0.1, 0.15) is 5.82 Å². The van der Waals surface area contributed by atoms with Gasteiger partial charge in [0.25, 0.3) is 0 Å². The number of amides is 1. The highest BCUT2D eigenvalue weighted by atomic mass is 35.5. The number of carbonyl (C=O) groups excluding carboxylic acids is 1. The number of rotatable bonds is 5. The van der Waals surface area contributed by atoms with Crippen molar-refractivity contribution in [2.75, 3.05) is 0 Å². The van der Waals surface area contributed by atoms with Crippen LogP contribution in [0.2, 0.25) is 10.0 Å². The van der Waals surface area contributed by atoms with Crippen molar-refractivity contribution in [2.24, 2.45) is 0 Å². The first-order valence-corrected chi connectivity index (χ1v) is 8.06.